The lowest BCUT2D eigenvalue weighted by Gasteiger charge is -2.42. The topological polar surface area (TPSA) is 0 Å². The van der Waals surface area contributed by atoms with Crippen LogP contribution in [0.15, 0.2) is 12.7 Å². The van der Waals surface area contributed by atoms with Gasteiger partial charge in [0.1, 0.15) is 0 Å². The molecule has 1 atom stereocenters. The molecule has 0 spiro atoms. The minimum absolute atomic E-state index is 1.01. The normalized spacial score (nSPS) is 42.4. The molecular formula is C11H18. The lowest BCUT2D eigenvalue weighted by Crippen LogP contribution is -2.30. The molecule has 0 nitrogen and oxygen atoms in total. The molecule has 62 valence electrons. The zero-order valence-electron chi connectivity index (χ0n) is 7.26. The van der Waals surface area contributed by atoms with Crippen molar-refractivity contribution in [1.82, 2.24) is 0 Å². The van der Waals surface area contributed by atoms with Crippen LogP contribution in [0.4, 0.5) is 0 Å². The molecule has 3 fully saturated rings. The summed E-state index contributed by atoms with van der Waals surface area (Å²) in [6, 6.07) is 0. The molecule has 2 bridgehead atoms. The van der Waals surface area contributed by atoms with Gasteiger partial charge in [-0.1, -0.05) is 18.9 Å². The second kappa shape index (κ2) is 3.00. The Hall–Kier alpha value is -0.260. The Labute approximate surface area is 69.7 Å². The molecule has 3 aliphatic rings. The van der Waals surface area contributed by atoms with Crippen molar-refractivity contribution in [1.29, 1.82) is 0 Å². The lowest BCUT2D eigenvalue weighted by atomic mass is 9.64. The third-order valence-electron chi connectivity index (χ3n) is 3.66. The molecule has 0 saturated heterocycles. The van der Waals surface area contributed by atoms with E-state index in [2.05, 4.69) is 12.7 Å². The number of fused-ring (bicyclic) bond motifs is 3. The predicted molar refractivity (Wildman–Crippen MR) is 48.4 cm³/mol. The second-order valence-corrected chi connectivity index (χ2v) is 4.30. The Morgan fingerprint density at radius 1 is 1.18 bits per heavy atom. The van der Waals surface area contributed by atoms with Gasteiger partial charge in [-0.3, -0.25) is 0 Å². The van der Waals surface area contributed by atoms with Gasteiger partial charge in [0.05, 0.1) is 0 Å². The Morgan fingerprint density at radius 3 is 2.36 bits per heavy atom. The highest BCUT2D eigenvalue weighted by Crippen LogP contribution is 2.46. The molecule has 11 heavy (non-hydrogen) atoms. The molecule has 0 aromatic rings. The highest BCUT2D eigenvalue weighted by molar-refractivity contribution is 4.89. The van der Waals surface area contributed by atoms with Crippen LogP contribution in [0.3, 0.4) is 0 Å². The van der Waals surface area contributed by atoms with Gasteiger partial charge >= 0.3 is 0 Å². The van der Waals surface area contributed by atoms with E-state index in [0.717, 1.165) is 17.8 Å². The lowest BCUT2D eigenvalue weighted by molar-refractivity contribution is 0.101. The Morgan fingerprint density at radius 2 is 1.91 bits per heavy atom. The van der Waals surface area contributed by atoms with Crippen molar-refractivity contribution in [2.75, 3.05) is 0 Å². The van der Waals surface area contributed by atoms with E-state index in [4.69, 9.17) is 0 Å². The minimum atomic E-state index is 1.01. The summed E-state index contributed by atoms with van der Waals surface area (Å²) in [4.78, 5) is 0. The van der Waals surface area contributed by atoms with Crippen molar-refractivity contribution in [3.63, 3.8) is 0 Å². The van der Waals surface area contributed by atoms with E-state index in [1.54, 1.807) is 0 Å². The van der Waals surface area contributed by atoms with E-state index in [9.17, 15) is 0 Å². The van der Waals surface area contributed by atoms with Crippen molar-refractivity contribution in [3.8, 4) is 0 Å². The summed E-state index contributed by atoms with van der Waals surface area (Å²) in [5.74, 6) is 3.17. The third kappa shape index (κ3) is 1.36. The van der Waals surface area contributed by atoms with Gasteiger partial charge in [0, 0.05) is 0 Å². The van der Waals surface area contributed by atoms with Crippen molar-refractivity contribution in [3.05, 3.63) is 12.7 Å². The Kier molecular flexibility index (Phi) is 2.02. The van der Waals surface area contributed by atoms with E-state index in [1.165, 1.54) is 38.5 Å². The quantitative estimate of drug-likeness (QED) is 0.529. The first-order chi connectivity index (χ1) is 5.40. The number of hydrogen-bond donors (Lipinski definition) is 0. The van der Waals surface area contributed by atoms with Gasteiger partial charge < -0.3 is 0 Å². The summed E-state index contributed by atoms with van der Waals surface area (Å²) < 4.78 is 0. The van der Waals surface area contributed by atoms with E-state index in [1.807, 2.05) is 0 Å². The maximum absolute atomic E-state index is 3.84. The maximum atomic E-state index is 3.84. The molecule has 0 amide bonds. The molecule has 3 aliphatic carbocycles. The highest BCUT2D eigenvalue weighted by atomic mass is 14.4. The van der Waals surface area contributed by atoms with Gasteiger partial charge in [-0.25, -0.2) is 0 Å². The molecule has 3 saturated carbocycles. The van der Waals surface area contributed by atoms with E-state index in [0.29, 0.717) is 0 Å². The van der Waals surface area contributed by atoms with Crippen LogP contribution < -0.4 is 0 Å². The van der Waals surface area contributed by atoms with Crippen LogP contribution in [0.25, 0.3) is 0 Å². The SMILES string of the molecule is C=CCC1CC2CCC1CC2. The largest absolute Gasteiger partial charge is 0.103 e. The molecule has 1 unspecified atom stereocenters. The van der Waals surface area contributed by atoms with E-state index in [-0.39, 0.29) is 0 Å². The molecule has 0 aromatic heterocycles. The van der Waals surface area contributed by atoms with Crippen LogP contribution in [0.1, 0.15) is 38.5 Å². The number of hydrogen-bond acceptors (Lipinski definition) is 0. The first-order valence-electron chi connectivity index (χ1n) is 5.01. The third-order valence-corrected chi connectivity index (χ3v) is 3.66. The molecule has 0 heterocycles. The summed E-state index contributed by atoms with van der Waals surface area (Å²) in [6.45, 7) is 3.84. The zero-order valence-corrected chi connectivity index (χ0v) is 7.26. The monoisotopic (exact) mass is 150 g/mol. The molecular weight excluding hydrogens is 132 g/mol. The van der Waals surface area contributed by atoms with Crippen LogP contribution in [0.2, 0.25) is 0 Å². The maximum Gasteiger partial charge on any atom is -0.0322 e. The summed E-state index contributed by atoms with van der Waals surface area (Å²) in [5.41, 5.74) is 0. The van der Waals surface area contributed by atoms with Crippen LogP contribution in [-0.2, 0) is 0 Å². The zero-order chi connectivity index (χ0) is 7.68. The fraction of sp³-hybridized carbons (Fsp3) is 0.818. The van der Waals surface area contributed by atoms with E-state index >= 15 is 0 Å². The second-order valence-electron chi connectivity index (χ2n) is 4.30. The number of rotatable bonds is 2. The van der Waals surface area contributed by atoms with Crippen LogP contribution in [-0.4, -0.2) is 0 Å². The van der Waals surface area contributed by atoms with Gasteiger partial charge in [-0.2, -0.15) is 0 Å². The van der Waals surface area contributed by atoms with Crippen molar-refractivity contribution >= 4 is 0 Å². The summed E-state index contributed by atoms with van der Waals surface area (Å²) in [5, 5.41) is 0. The summed E-state index contributed by atoms with van der Waals surface area (Å²) >= 11 is 0. The van der Waals surface area contributed by atoms with Crippen LogP contribution >= 0.6 is 0 Å². The van der Waals surface area contributed by atoms with Crippen LogP contribution in [0, 0.1) is 17.8 Å². The van der Waals surface area contributed by atoms with Crippen LogP contribution in [0.5, 0.6) is 0 Å². The van der Waals surface area contributed by atoms with Crippen molar-refractivity contribution in [2.45, 2.75) is 38.5 Å². The summed E-state index contributed by atoms with van der Waals surface area (Å²) in [7, 11) is 0. The standard InChI is InChI=1S/C11H18/c1-2-3-11-8-9-4-6-10(11)7-5-9/h2,9-11H,1,3-8H2. The molecule has 0 N–H and O–H groups in total. The van der Waals surface area contributed by atoms with Gasteiger partial charge in [-0.05, 0) is 43.4 Å². The first-order valence-corrected chi connectivity index (χ1v) is 5.01. The molecule has 0 heteroatoms. The predicted octanol–water partition coefficient (Wildman–Crippen LogP) is 3.39. The fourth-order valence-corrected chi connectivity index (χ4v) is 3.02. The minimum Gasteiger partial charge on any atom is -0.103 e. The smallest absolute Gasteiger partial charge is 0.0322 e. The molecule has 0 aromatic carbocycles. The average Bonchev–Trinajstić information content (AvgIpc) is 2.07. The van der Waals surface area contributed by atoms with Gasteiger partial charge in [-0.15, -0.1) is 6.58 Å². The van der Waals surface area contributed by atoms with Crippen molar-refractivity contribution in [2.24, 2.45) is 17.8 Å². The van der Waals surface area contributed by atoms with Gasteiger partial charge in [0.15, 0.2) is 0 Å². The van der Waals surface area contributed by atoms with Gasteiger partial charge in [0.2, 0.25) is 0 Å². The molecule has 3 rings (SSSR count). The summed E-state index contributed by atoms with van der Waals surface area (Å²) in [6.07, 6.45) is 11.0. The Bertz CT molecular complexity index is 140. The fourth-order valence-electron chi connectivity index (χ4n) is 3.02. The highest BCUT2D eigenvalue weighted by Gasteiger charge is 2.34. The van der Waals surface area contributed by atoms with Gasteiger partial charge in [0.25, 0.3) is 0 Å². The van der Waals surface area contributed by atoms with Crippen molar-refractivity contribution < 1.29 is 0 Å². The first kappa shape index (κ1) is 7.39. The average molecular weight is 150 g/mol. The molecule has 0 radical (unpaired) electrons. The Balaban J connectivity index is 1.97. The number of allylic oxidation sites excluding steroid dienone is 1. The molecule has 0 aliphatic heterocycles. The van der Waals surface area contributed by atoms with E-state index < -0.39 is 0 Å².